The van der Waals surface area contributed by atoms with E-state index in [0.29, 0.717) is 39.9 Å². The van der Waals surface area contributed by atoms with E-state index in [2.05, 4.69) is 5.32 Å². The van der Waals surface area contributed by atoms with E-state index in [-0.39, 0.29) is 23.6 Å². The van der Waals surface area contributed by atoms with E-state index in [0.717, 1.165) is 0 Å². The van der Waals surface area contributed by atoms with E-state index in [1.807, 2.05) is 12.1 Å². The molecule has 9 nitrogen and oxygen atoms in total. The van der Waals surface area contributed by atoms with Crippen molar-refractivity contribution in [2.24, 2.45) is 0 Å². The molecule has 1 aliphatic rings. The normalized spacial score (nSPS) is 14.8. The number of benzene rings is 2. The van der Waals surface area contributed by atoms with Crippen LogP contribution in [-0.4, -0.2) is 50.0 Å². The lowest BCUT2D eigenvalue weighted by Gasteiger charge is -2.28. The number of carbonyl (C=O) groups is 2. The van der Waals surface area contributed by atoms with Crippen LogP contribution in [0.2, 0.25) is 0 Å². The highest BCUT2D eigenvalue weighted by molar-refractivity contribution is 6.04. The Morgan fingerprint density at radius 2 is 1.70 bits per heavy atom. The molecule has 2 N–H and O–H groups in total. The average Bonchev–Trinajstić information content (AvgIpc) is 3.22. The lowest BCUT2D eigenvalue weighted by atomic mass is 9.87. The minimum atomic E-state index is -1.15. The second-order valence-corrected chi connectivity index (χ2v) is 7.43. The Labute approximate surface area is 190 Å². The third-order valence-electron chi connectivity index (χ3n) is 5.70. The number of carboxylic acid groups (broad SMARTS) is 1. The molecule has 33 heavy (non-hydrogen) atoms. The van der Waals surface area contributed by atoms with Crippen LogP contribution in [0, 0.1) is 0 Å². The summed E-state index contributed by atoms with van der Waals surface area (Å²) in [6.07, 6.45) is 1.60. The van der Waals surface area contributed by atoms with Crippen molar-refractivity contribution in [2.75, 3.05) is 33.8 Å². The molecule has 0 saturated heterocycles. The van der Waals surface area contributed by atoms with Gasteiger partial charge in [0.1, 0.15) is 17.1 Å². The molecule has 4 rings (SSSR count). The van der Waals surface area contributed by atoms with E-state index < -0.39 is 11.9 Å². The van der Waals surface area contributed by atoms with Crippen molar-refractivity contribution < 1.29 is 33.6 Å². The molecule has 0 saturated carbocycles. The van der Waals surface area contributed by atoms with E-state index in [4.69, 9.17) is 18.9 Å². The molecule has 0 aliphatic carbocycles. The molecule has 1 aliphatic heterocycles. The summed E-state index contributed by atoms with van der Waals surface area (Å²) in [6, 6.07) is 10.7. The van der Waals surface area contributed by atoms with Gasteiger partial charge in [0.2, 0.25) is 5.91 Å². The van der Waals surface area contributed by atoms with Gasteiger partial charge >= 0.3 is 5.97 Å². The topological polar surface area (TPSA) is 108 Å². The molecule has 0 bridgehead atoms. The largest absolute Gasteiger partial charge is 0.497 e. The van der Waals surface area contributed by atoms with Gasteiger partial charge in [-0.05, 0) is 18.2 Å². The maximum absolute atomic E-state index is 12.7. The number of anilines is 1. The SMILES string of the molecule is COc1cccc(-n2cc(C(=O)O)c3c2C(c2cc(OC)c(OC)cc2OC)CC(=O)N3)c1. The molecular weight excluding hydrogens is 428 g/mol. The number of amides is 1. The van der Waals surface area contributed by atoms with Crippen molar-refractivity contribution in [1.29, 1.82) is 0 Å². The van der Waals surface area contributed by atoms with E-state index in [9.17, 15) is 14.7 Å². The number of aromatic nitrogens is 1. The van der Waals surface area contributed by atoms with Crippen LogP contribution in [0.1, 0.15) is 34.0 Å². The van der Waals surface area contributed by atoms with Gasteiger partial charge in [0.25, 0.3) is 0 Å². The molecule has 1 aromatic heterocycles. The fraction of sp³-hybridized carbons (Fsp3) is 0.250. The van der Waals surface area contributed by atoms with Gasteiger partial charge in [-0.15, -0.1) is 0 Å². The van der Waals surface area contributed by atoms with E-state index in [1.165, 1.54) is 27.5 Å². The Balaban J connectivity index is 2.00. The number of carbonyl (C=O) groups excluding carboxylic acids is 1. The van der Waals surface area contributed by atoms with Gasteiger partial charge < -0.3 is 33.9 Å². The first-order valence-corrected chi connectivity index (χ1v) is 10.1. The van der Waals surface area contributed by atoms with Crippen molar-refractivity contribution in [3.63, 3.8) is 0 Å². The Kier molecular flexibility index (Phi) is 5.87. The van der Waals surface area contributed by atoms with Crippen molar-refractivity contribution in [3.05, 3.63) is 59.4 Å². The second kappa shape index (κ2) is 8.78. The van der Waals surface area contributed by atoms with Crippen LogP contribution in [0.15, 0.2) is 42.6 Å². The average molecular weight is 452 g/mol. The molecule has 0 spiro atoms. The molecule has 2 heterocycles. The van der Waals surface area contributed by atoms with Gasteiger partial charge in [-0.2, -0.15) is 0 Å². The first-order chi connectivity index (χ1) is 15.9. The number of hydrogen-bond donors (Lipinski definition) is 2. The predicted molar refractivity (Wildman–Crippen MR) is 120 cm³/mol. The Hall–Kier alpha value is -4.14. The lowest BCUT2D eigenvalue weighted by molar-refractivity contribution is -0.116. The zero-order valence-electron chi connectivity index (χ0n) is 18.7. The number of nitrogens with zero attached hydrogens (tertiary/aromatic N) is 1. The number of aromatic carboxylic acids is 1. The predicted octanol–water partition coefficient (Wildman–Crippen LogP) is 3.68. The molecule has 1 atom stereocenters. The molecule has 1 amide bonds. The van der Waals surface area contributed by atoms with Crippen LogP contribution in [0.5, 0.6) is 23.0 Å². The van der Waals surface area contributed by atoms with Crippen LogP contribution in [0.25, 0.3) is 5.69 Å². The number of fused-ring (bicyclic) bond motifs is 1. The number of methoxy groups -OCH3 is 4. The minimum Gasteiger partial charge on any atom is -0.497 e. The third kappa shape index (κ3) is 3.82. The van der Waals surface area contributed by atoms with E-state index in [1.54, 1.807) is 35.9 Å². The van der Waals surface area contributed by atoms with Gasteiger partial charge in [-0.25, -0.2) is 4.79 Å². The number of ether oxygens (including phenoxy) is 4. The van der Waals surface area contributed by atoms with E-state index >= 15 is 0 Å². The highest BCUT2D eigenvalue weighted by Crippen LogP contribution is 2.47. The summed E-state index contributed by atoms with van der Waals surface area (Å²) in [6.45, 7) is 0. The maximum atomic E-state index is 12.7. The fourth-order valence-electron chi connectivity index (χ4n) is 4.19. The van der Waals surface area contributed by atoms with Crippen LogP contribution < -0.4 is 24.3 Å². The van der Waals surface area contributed by atoms with Gasteiger partial charge in [0.15, 0.2) is 11.5 Å². The highest BCUT2D eigenvalue weighted by Gasteiger charge is 2.36. The molecule has 1 unspecified atom stereocenters. The Bertz CT molecular complexity index is 1230. The summed E-state index contributed by atoms with van der Waals surface area (Å²) >= 11 is 0. The summed E-state index contributed by atoms with van der Waals surface area (Å²) in [5.74, 6) is 0.110. The van der Waals surface area contributed by atoms with Gasteiger partial charge in [0, 0.05) is 41.9 Å². The third-order valence-corrected chi connectivity index (χ3v) is 5.70. The minimum absolute atomic E-state index is 0.00897. The summed E-state index contributed by atoms with van der Waals surface area (Å²) in [7, 11) is 6.13. The number of carboxylic acids is 1. The molecule has 2 aromatic carbocycles. The first kappa shape index (κ1) is 22.1. The van der Waals surface area contributed by atoms with Gasteiger partial charge in [-0.1, -0.05) is 6.07 Å². The molecule has 9 heteroatoms. The standard InChI is InChI=1S/C24H24N2O7/c1-30-14-7-5-6-13(8-14)26-12-17(24(28)29)22-23(26)16(10-21(27)25-22)15-9-19(32-3)20(33-4)11-18(15)31-2/h5-9,11-12,16H,10H2,1-4H3,(H,25,27)(H,28,29). The number of rotatable bonds is 7. The van der Waals surface area contributed by atoms with Crippen LogP contribution >= 0.6 is 0 Å². The molecule has 3 aromatic rings. The van der Waals surface area contributed by atoms with Crippen molar-refractivity contribution >= 4 is 17.6 Å². The maximum Gasteiger partial charge on any atom is 0.339 e. The molecular formula is C24H24N2O7. The molecule has 0 radical (unpaired) electrons. The van der Waals surface area contributed by atoms with Crippen molar-refractivity contribution in [3.8, 4) is 28.7 Å². The van der Waals surface area contributed by atoms with Gasteiger partial charge in [-0.3, -0.25) is 4.79 Å². The molecule has 172 valence electrons. The summed E-state index contributed by atoms with van der Waals surface area (Å²) in [5, 5.41) is 12.6. The quantitative estimate of drug-likeness (QED) is 0.563. The fourth-order valence-corrected chi connectivity index (χ4v) is 4.19. The Morgan fingerprint density at radius 3 is 2.33 bits per heavy atom. The second-order valence-electron chi connectivity index (χ2n) is 7.43. The highest BCUT2D eigenvalue weighted by atomic mass is 16.5. The van der Waals surface area contributed by atoms with Crippen LogP contribution in [0.4, 0.5) is 5.69 Å². The van der Waals surface area contributed by atoms with Crippen LogP contribution in [0.3, 0.4) is 0 Å². The van der Waals surface area contributed by atoms with Crippen molar-refractivity contribution in [1.82, 2.24) is 4.57 Å². The van der Waals surface area contributed by atoms with Crippen LogP contribution in [-0.2, 0) is 4.79 Å². The summed E-state index contributed by atoms with van der Waals surface area (Å²) < 4.78 is 23.6. The van der Waals surface area contributed by atoms with Crippen molar-refractivity contribution in [2.45, 2.75) is 12.3 Å². The van der Waals surface area contributed by atoms with Gasteiger partial charge in [0.05, 0.1) is 39.8 Å². The monoisotopic (exact) mass is 452 g/mol. The molecule has 0 fully saturated rings. The summed E-state index contributed by atoms with van der Waals surface area (Å²) in [4.78, 5) is 24.7. The lowest BCUT2D eigenvalue weighted by Crippen LogP contribution is -2.26. The number of nitrogens with one attached hydrogen (secondary N) is 1. The number of hydrogen-bond acceptors (Lipinski definition) is 6. The Morgan fingerprint density at radius 1 is 1.00 bits per heavy atom. The summed E-state index contributed by atoms with van der Waals surface area (Å²) in [5.41, 5.74) is 2.23. The zero-order chi connectivity index (χ0) is 23.7. The first-order valence-electron chi connectivity index (χ1n) is 10.1. The zero-order valence-corrected chi connectivity index (χ0v) is 18.7. The smallest absolute Gasteiger partial charge is 0.339 e.